The molecule has 3 aliphatic rings. The molecule has 1 aliphatic heterocycles. The number of benzene rings is 2. The summed E-state index contributed by atoms with van der Waals surface area (Å²) in [6, 6.07) is 12.5. The van der Waals surface area contributed by atoms with Crippen molar-refractivity contribution >= 4 is 57.0 Å². The number of aromatic nitrogens is 1. The minimum Gasteiger partial charge on any atom is -0.465 e. The zero-order chi connectivity index (χ0) is 30.3. The minimum atomic E-state index is -3.99. The van der Waals surface area contributed by atoms with Gasteiger partial charge in [0.15, 0.2) is 0 Å². The van der Waals surface area contributed by atoms with E-state index >= 15 is 0 Å². The average molecular weight is 649 g/mol. The van der Waals surface area contributed by atoms with Crippen molar-refractivity contribution in [1.29, 1.82) is 0 Å². The predicted molar refractivity (Wildman–Crippen MR) is 162 cm³/mol. The average Bonchev–Trinajstić information content (AvgIpc) is 3.41. The third-order valence-electron chi connectivity index (χ3n) is 8.36. The number of amides is 1. The Morgan fingerprint density at radius 1 is 1.14 bits per heavy atom. The van der Waals surface area contributed by atoms with E-state index in [1.165, 1.54) is 6.92 Å². The summed E-state index contributed by atoms with van der Waals surface area (Å²) in [5.74, 6) is 0.452. The second-order valence-electron chi connectivity index (χ2n) is 11.2. The van der Waals surface area contributed by atoms with Crippen LogP contribution in [0.1, 0.15) is 49.8 Å². The van der Waals surface area contributed by atoms with Crippen LogP contribution in [0.15, 0.2) is 47.0 Å². The summed E-state index contributed by atoms with van der Waals surface area (Å²) in [5.41, 5.74) is 3.38. The van der Waals surface area contributed by atoms with Crippen molar-refractivity contribution in [2.75, 3.05) is 28.1 Å². The topological polar surface area (TPSA) is 119 Å². The van der Waals surface area contributed by atoms with Crippen LogP contribution in [0, 0.1) is 5.92 Å². The molecule has 1 amide bonds. The number of carbonyl (C=O) groups excluding carboxylic acids is 2. The van der Waals surface area contributed by atoms with Gasteiger partial charge in [0.1, 0.15) is 23.8 Å². The number of carbonyl (C=O) groups is 2. The lowest BCUT2D eigenvalue weighted by Crippen LogP contribution is -2.38. The number of piperidine rings is 1. The highest BCUT2D eigenvalue weighted by Crippen LogP contribution is 2.47. The van der Waals surface area contributed by atoms with Gasteiger partial charge in [-0.3, -0.25) is 9.59 Å². The highest BCUT2D eigenvalue weighted by atomic mass is 35.5. The molecule has 10 nitrogen and oxygen atoms in total. The fourth-order valence-corrected chi connectivity index (χ4v) is 7.77. The lowest BCUT2D eigenvalue weighted by molar-refractivity contribution is -0.140. The standard InChI is InChI=1S/C30H31Cl2N3O7S/c1-18(37)40-11-12-43(38,39)35(17-36)22-9-7-21(8-10-22)34-15-20-13-23(34)14-27(20)41-16-24-29(33-42-30(24)19-5-6-19)28-25(31)3-2-4-26(28)32/h2-4,7-10,17,19-20,23,27H,5-6,11-16H2,1H3/t20-,23-,27+/m0/s1. The Morgan fingerprint density at radius 3 is 2.47 bits per heavy atom. The molecule has 3 aromatic rings. The van der Waals surface area contributed by atoms with E-state index in [1.807, 2.05) is 12.1 Å². The summed E-state index contributed by atoms with van der Waals surface area (Å²) >= 11 is 13.0. The third-order valence-corrected chi connectivity index (χ3v) is 10.6. The van der Waals surface area contributed by atoms with Gasteiger partial charge in [0.05, 0.1) is 28.4 Å². The molecule has 1 saturated heterocycles. The van der Waals surface area contributed by atoms with E-state index in [1.54, 1.807) is 30.3 Å². The second kappa shape index (κ2) is 12.1. The molecule has 0 spiro atoms. The number of halogens is 2. The molecule has 2 saturated carbocycles. The Hall–Kier alpha value is -3.12. The molecule has 13 heteroatoms. The van der Waals surface area contributed by atoms with Crippen LogP contribution >= 0.6 is 23.2 Å². The van der Waals surface area contributed by atoms with Crippen LogP contribution in [-0.4, -0.2) is 57.0 Å². The molecule has 2 bridgehead atoms. The number of sulfonamides is 1. The van der Waals surface area contributed by atoms with E-state index < -0.39 is 21.7 Å². The number of hydrogen-bond acceptors (Lipinski definition) is 9. The van der Waals surface area contributed by atoms with E-state index in [-0.39, 0.29) is 30.9 Å². The van der Waals surface area contributed by atoms with Crippen molar-refractivity contribution in [3.8, 4) is 11.3 Å². The zero-order valence-electron chi connectivity index (χ0n) is 23.4. The quantitative estimate of drug-likeness (QED) is 0.184. The van der Waals surface area contributed by atoms with Crippen molar-refractivity contribution < 1.29 is 32.0 Å². The summed E-state index contributed by atoms with van der Waals surface area (Å²) in [4.78, 5) is 24.9. The van der Waals surface area contributed by atoms with Crippen molar-refractivity contribution in [2.24, 2.45) is 5.92 Å². The van der Waals surface area contributed by atoms with Gasteiger partial charge in [0.25, 0.3) is 0 Å². The molecule has 6 rings (SSSR count). The van der Waals surface area contributed by atoms with E-state index in [0.29, 0.717) is 44.1 Å². The summed E-state index contributed by atoms with van der Waals surface area (Å²) < 4.78 is 43.0. The molecule has 0 N–H and O–H groups in total. The fourth-order valence-electron chi connectivity index (χ4n) is 6.13. The Bertz CT molecular complexity index is 1600. The first kappa shape index (κ1) is 29.9. The van der Waals surface area contributed by atoms with Crippen LogP contribution in [0.3, 0.4) is 0 Å². The first-order valence-electron chi connectivity index (χ1n) is 14.2. The normalized spacial score (nSPS) is 21.3. The van der Waals surface area contributed by atoms with Crippen molar-refractivity contribution in [3.63, 3.8) is 0 Å². The van der Waals surface area contributed by atoms with Crippen LogP contribution in [0.5, 0.6) is 0 Å². The van der Waals surface area contributed by atoms with Crippen molar-refractivity contribution in [3.05, 3.63) is 63.8 Å². The number of fused-ring (bicyclic) bond motifs is 2. The molecule has 3 atom stereocenters. The second-order valence-corrected chi connectivity index (χ2v) is 14.0. The third kappa shape index (κ3) is 6.13. The molecular formula is C30H31Cl2N3O7S. The predicted octanol–water partition coefficient (Wildman–Crippen LogP) is 5.57. The fraction of sp³-hybridized carbons (Fsp3) is 0.433. The molecule has 2 aromatic carbocycles. The highest BCUT2D eigenvalue weighted by molar-refractivity contribution is 7.93. The van der Waals surface area contributed by atoms with E-state index in [4.69, 9.17) is 37.2 Å². The van der Waals surface area contributed by atoms with Gasteiger partial charge >= 0.3 is 5.97 Å². The molecule has 228 valence electrons. The monoisotopic (exact) mass is 647 g/mol. The number of hydrogen-bond donors (Lipinski definition) is 0. The Kier molecular flexibility index (Phi) is 8.43. The lowest BCUT2D eigenvalue weighted by atomic mass is 10.0. The molecule has 2 aliphatic carbocycles. The van der Waals surface area contributed by atoms with Crippen LogP contribution in [0.4, 0.5) is 11.4 Å². The molecule has 43 heavy (non-hydrogen) atoms. The molecule has 2 heterocycles. The van der Waals surface area contributed by atoms with E-state index in [9.17, 15) is 18.0 Å². The minimum absolute atomic E-state index is 0.0740. The molecular weight excluding hydrogens is 617 g/mol. The van der Waals surface area contributed by atoms with Gasteiger partial charge < -0.3 is 18.9 Å². The molecule has 1 aromatic heterocycles. The smallest absolute Gasteiger partial charge is 0.302 e. The van der Waals surface area contributed by atoms with Crippen LogP contribution < -0.4 is 9.21 Å². The summed E-state index contributed by atoms with van der Waals surface area (Å²) in [6.45, 7) is 2.03. The van der Waals surface area contributed by atoms with Gasteiger partial charge in [-0.25, -0.2) is 12.7 Å². The largest absolute Gasteiger partial charge is 0.465 e. The van der Waals surface area contributed by atoms with Crippen LogP contribution in [0.25, 0.3) is 11.3 Å². The van der Waals surface area contributed by atoms with E-state index in [0.717, 1.165) is 49.2 Å². The van der Waals surface area contributed by atoms with Gasteiger partial charge in [0.2, 0.25) is 16.4 Å². The number of ether oxygens (including phenoxy) is 2. The number of nitrogens with zero attached hydrogens (tertiary/aromatic N) is 3. The van der Waals surface area contributed by atoms with Gasteiger partial charge in [0, 0.05) is 48.2 Å². The van der Waals surface area contributed by atoms with Gasteiger partial charge in [-0.2, -0.15) is 0 Å². The van der Waals surface area contributed by atoms with Gasteiger partial charge in [-0.15, -0.1) is 0 Å². The number of rotatable bonds is 12. The highest BCUT2D eigenvalue weighted by Gasteiger charge is 2.46. The molecule has 0 unspecified atom stereocenters. The van der Waals surface area contributed by atoms with Gasteiger partial charge in [-0.1, -0.05) is 34.4 Å². The first-order chi connectivity index (χ1) is 20.7. The lowest BCUT2D eigenvalue weighted by Gasteiger charge is -2.33. The number of esters is 1. The van der Waals surface area contributed by atoms with Crippen LogP contribution in [0.2, 0.25) is 10.0 Å². The van der Waals surface area contributed by atoms with Crippen molar-refractivity contribution in [2.45, 2.75) is 57.3 Å². The van der Waals surface area contributed by atoms with E-state index in [2.05, 4.69) is 10.1 Å². The Morgan fingerprint density at radius 2 is 1.86 bits per heavy atom. The maximum atomic E-state index is 12.6. The summed E-state index contributed by atoms with van der Waals surface area (Å²) in [5, 5.41) is 5.39. The maximum Gasteiger partial charge on any atom is 0.302 e. The first-order valence-corrected chi connectivity index (χ1v) is 16.5. The summed E-state index contributed by atoms with van der Waals surface area (Å²) in [7, 11) is -3.99. The SMILES string of the molecule is CC(=O)OCCS(=O)(=O)N(C=O)c1ccc(N2C[C@@H]3C[C@H]2C[C@H]3OCc2c(-c3c(Cl)cccc3Cl)noc2C2CC2)cc1. The Balaban J connectivity index is 1.10. The van der Waals surface area contributed by atoms with Crippen molar-refractivity contribution in [1.82, 2.24) is 5.16 Å². The molecule has 0 radical (unpaired) electrons. The Labute approximate surface area is 259 Å². The maximum absolute atomic E-state index is 12.6. The van der Waals surface area contributed by atoms with Crippen LogP contribution in [-0.2, 0) is 35.7 Å². The summed E-state index contributed by atoms with van der Waals surface area (Å²) in [6.07, 6.45) is 4.29. The molecule has 3 fully saturated rings. The zero-order valence-corrected chi connectivity index (χ0v) is 25.8. The number of anilines is 2. The van der Waals surface area contributed by atoms with Gasteiger partial charge in [-0.05, 0) is 62.1 Å².